The van der Waals surface area contributed by atoms with Crippen molar-refractivity contribution in [2.24, 2.45) is 4.99 Å². The molecule has 3 rings (SSSR count). The average molecular weight is 506 g/mol. The predicted molar refractivity (Wildman–Crippen MR) is 119 cm³/mol. The standard InChI is InChI=1S/C19H28F2N6.HI/c1-3-22-19(25-15-7-9-26(10-8-15)13-17(20)21)23-11-16-12-27-14(2)5-4-6-18(27)24-16;/h4-6,12,15,17H,3,7-11,13H2,1-2H3,(H2,22,23,25);1H. The maximum absolute atomic E-state index is 12.5. The number of aromatic nitrogens is 2. The molecule has 3 heterocycles. The maximum atomic E-state index is 12.5. The molecular weight excluding hydrogens is 477 g/mol. The first-order chi connectivity index (χ1) is 13.0. The number of fused-ring (bicyclic) bond motifs is 1. The minimum atomic E-state index is -2.26. The van der Waals surface area contributed by atoms with Gasteiger partial charge in [0.15, 0.2) is 5.96 Å². The molecule has 0 spiro atoms. The van der Waals surface area contributed by atoms with Crippen LogP contribution in [0.3, 0.4) is 0 Å². The highest BCUT2D eigenvalue weighted by atomic mass is 127. The normalized spacial score (nSPS) is 16.4. The Balaban J connectivity index is 0.00000280. The van der Waals surface area contributed by atoms with E-state index in [1.54, 1.807) is 0 Å². The van der Waals surface area contributed by atoms with Crippen LogP contribution in [-0.2, 0) is 6.54 Å². The van der Waals surface area contributed by atoms with Crippen molar-refractivity contribution in [3.63, 3.8) is 0 Å². The third kappa shape index (κ3) is 6.26. The van der Waals surface area contributed by atoms with Crippen molar-refractivity contribution in [2.45, 2.75) is 45.7 Å². The van der Waals surface area contributed by atoms with Crippen LogP contribution >= 0.6 is 24.0 Å². The molecule has 2 aromatic heterocycles. The van der Waals surface area contributed by atoms with Gasteiger partial charge in [0.05, 0.1) is 18.8 Å². The minimum absolute atomic E-state index is 0. The summed E-state index contributed by atoms with van der Waals surface area (Å²) in [5.74, 6) is 0.749. The summed E-state index contributed by atoms with van der Waals surface area (Å²) >= 11 is 0. The van der Waals surface area contributed by atoms with Crippen molar-refractivity contribution in [3.05, 3.63) is 35.8 Å². The van der Waals surface area contributed by atoms with Gasteiger partial charge in [0, 0.05) is 37.6 Å². The van der Waals surface area contributed by atoms with Gasteiger partial charge in [-0.15, -0.1) is 24.0 Å². The van der Waals surface area contributed by atoms with Gasteiger partial charge in [-0.3, -0.25) is 4.90 Å². The van der Waals surface area contributed by atoms with Crippen molar-refractivity contribution in [3.8, 4) is 0 Å². The summed E-state index contributed by atoms with van der Waals surface area (Å²) in [6.07, 6.45) is 1.43. The fourth-order valence-corrected chi connectivity index (χ4v) is 3.40. The number of likely N-dealkylation sites (tertiary alicyclic amines) is 1. The fourth-order valence-electron chi connectivity index (χ4n) is 3.40. The summed E-state index contributed by atoms with van der Waals surface area (Å²) < 4.78 is 27.1. The van der Waals surface area contributed by atoms with E-state index in [4.69, 9.17) is 0 Å². The van der Waals surface area contributed by atoms with Crippen LogP contribution in [0, 0.1) is 6.92 Å². The van der Waals surface area contributed by atoms with Crippen LogP contribution in [0.4, 0.5) is 8.78 Å². The van der Waals surface area contributed by atoms with E-state index in [1.165, 1.54) is 0 Å². The largest absolute Gasteiger partial charge is 0.357 e. The number of hydrogen-bond donors (Lipinski definition) is 2. The Morgan fingerprint density at radius 2 is 2.07 bits per heavy atom. The van der Waals surface area contributed by atoms with Crippen LogP contribution in [0.1, 0.15) is 31.2 Å². The lowest BCUT2D eigenvalue weighted by Gasteiger charge is -2.32. The van der Waals surface area contributed by atoms with Crippen molar-refractivity contribution >= 4 is 35.6 Å². The Bertz CT molecular complexity index is 771. The predicted octanol–water partition coefficient (Wildman–Crippen LogP) is 3.05. The Labute approximate surface area is 181 Å². The van der Waals surface area contributed by atoms with Crippen LogP contribution in [-0.4, -0.2) is 58.9 Å². The van der Waals surface area contributed by atoms with Gasteiger partial charge in [0.25, 0.3) is 6.43 Å². The molecule has 0 radical (unpaired) electrons. The molecule has 0 atom stereocenters. The zero-order chi connectivity index (χ0) is 19.2. The van der Waals surface area contributed by atoms with Crippen LogP contribution in [0.25, 0.3) is 5.65 Å². The van der Waals surface area contributed by atoms with E-state index < -0.39 is 6.43 Å². The number of guanidine groups is 1. The van der Waals surface area contributed by atoms with Crippen molar-refractivity contribution in [1.82, 2.24) is 24.9 Å². The average Bonchev–Trinajstić information content (AvgIpc) is 3.06. The van der Waals surface area contributed by atoms with Crippen molar-refractivity contribution in [2.75, 3.05) is 26.2 Å². The smallest absolute Gasteiger partial charge is 0.251 e. The number of pyridine rings is 1. The number of aryl methyl sites for hydroxylation is 1. The molecule has 2 N–H and O–H groups in total. The van der Waals surface area contributed by atoms with E-state index in [1.807, 2.05) is 43.1 Å². The molecule has 0 aliphatic carbocycles. The summed E-state index contributed by atoms with van der Waals surface area (Å²) in [6, 6.07) is 6.28. The summed E-state index contributed by atoms with van der Waals surface area (Å²) in [5.41, 5.74) is 2.97. The number of alkyl halides is 2. The Hall–Kier alpha value is -1.49. The molecule has 2 aromatic rings. The van der Waals surface area contributed by atoms with E-state index in [-0.39, 0.29) is 36.6 Å². The van der Waals surface area contributed by atoms with Crippen LogP contribution in [0.2, 0.25) is 0 Å². The SMILES string of the molecule is CCNC(=NCc1cn2c(C)cccc2n1)NC1CCN(CC(F)F)CC1.I. The molecule has 156 valence electrons. The van der Waals surface area contributed by atoms with Gasteiger partial charge < -0.3 is 15.0 Å². The Morgan fingerprint density at radius 3 is 2.71 bits per heavy atom. The highest BCUT2D eigenvalue weighted by Gasteiger charge is 2.22. The first-order valence-electron chi connectivity index (χ1n) is 9.54. The highest BCUT2D eigenvalue weighted by Crippen LogP contribution is 2.12. The molecule has 0 bridgehead atoms. The number of piperidine rings is 1. The lowest BCUT2D eigenvalue weighted by Crippen LogP contribution is -2.49. The number of imidazole rings is 1. The molecule has 6 nitrogen and oxygen atoms in total. The van der Waals surface area contributed by atoms with E-state index in [0.29, 0.717) is 19.6 Å². The Kier molecular flexibility index (Phi) is 8.87. The van der Waals surface area contributed by atoms with Gasteiger partial charge in [-0.1, -0.05) is 6.07 Å². The lowest BCUT2D eigenvalue weighted by atomic mass is 10.1. The van der Waals surface area contributed by atoms with Gasteiger partial charge in [-0.05, 0) is 38.8 Å². The summed E-state index contributed by atoms with van der Waals surface area (Å²) in [7, 11) is 0. The number of rotatable bonds is 6. The molecule has 28 heavy (non-hydrogen) atoms. The van der Waals surface area contributed by atoms with Gasteiger partial charge in [0.2, 0.25) is 0 Å². The summed E-state index contributed by atoms with van der Waals surface area (Å²) in [5, 5.41) is 6.70. The van der Waals surface area contributed by atoms with Gasteiger partial charge in [-0.25, -0.2) is 18.8 Å². The van der Waals surface area contributed by atoms with Crippen LogP contribution < -0.4 is 10.6 Å². The van der Waals surface area contributed by atoms with Crippen LogP contribution in [0.5, 0.6) is 0 Å². The molecule has 1 aliphatic rings. The van der Waals surface area contributed by atoms with E-state index in [9.17, 15) is 8.78 Å². The molecular formula is C19H29F2IN6. The number of hydrogen-bond acceptors (Lipinski definition) is 3. The first kappa shape index (κ1) is 22.8. The monoisotopic (exact) mass is 506 g/mol. The topological polar surface area (TPSA) is 57.0 Å². The maximum Gasteiger partial charge on any atom is 0.251 e. The zero-order valence-electron chi connectivity index (χ0n) is 16.4. The first-order valence-corrected chi connectivity index (χ1v) is 9.54. The minimum Gasteiger partial charge on any atom is -0.357 e. The zero-order valence-corrected chi connectivity index (χ0v) is 18.7. The van der Waals surface area contributed by atoms with Gasteiger partial charge >= 0.3 is 0 Å². The second-order valence-corrected chi connectivity index (χ2v) is 6.93. The van der Waals surface area contributed by atoms with E-state index >= 15 is 0 Å². The van der Waals surface area contributed by atoms with Gasteiger partial charge in [-0.2, -0.15) is 0 Å². The number of aliphatic imine (C=N–C) groups is 1. The number of nitrogens with one attached hydrogen (secondary N) is 2. The highest BCUT2D eigenvalue weighted by molar-refractivity contribution is 14.0. The quantitative estimate of drug-likeness (QED) is 0.360. The molecule has 0 saturated carbocycles. The van der Waals surface area contributed by atoms with E-state index in [0.717, 1.165) is 42.4 Å². The van der Waals surface area contributed by atoms with Gasteiger partial charge in [0.1, 0.15) is 5.65 Å². The Morgan fingerprint density at radius 1 is 1.32 bits per heavy atom. The third-order valence-corrected chi connectivity index (χ3v) is 4.81. The van der Waals surface area contributed by atoms with Crippen molar-refractivity contribution in [1.29, 1.82) is 0 Å². The number of halogens is 3. The van der Waals surface area contributed by atoms with E-state index in [2.05, 4.69) is 25.0 Å². The number of nitrogens with zero attached hydrogens (tertiary/aromatic N) is 4. The third-order valence-electron chi connectivity index (χ3n) is 4.81. The van der Waals surface area contributed by atoms with Crippen molar-refractivity contribution < 1.29 is 8.78 Å². The second kappa shape index (κ2) is 10.9. The molecule has 1 fully saturated rings. The second-order valence-electron chi connectivity index (χ2n) is 6.93. The fraction of sp³-hybridized carbons (Fsp3) is 0.579. The molecule has 0 amide bonds. The molecule has 1 saturated heterocycles. The summed E-state index contributed by atoms with van der Waals surface area (Å²) in [4.78, 5) is 11.1. The molecule has 9 heteroatoms. The molecule has 0 unspecified atom stereocenters. The molecule has 0 aromatic carbocycles. The van der Waals surface area contributed by atoms with Crippen LogP contribution in [0.15, 0.2) is 29.4 Å². The summed E-state index contributed by atoms with van der Waals surface area (Å²) in [6.45, 7) is 6.57. The lowest BCUT2D eigenvalue weighted by molar-refractivity contribution is 0.0744. The molecule has 1 aliphatic heterocycles.